The number of carbonyl (C=O) groups excluding carboxylic acids is 1. The van der Waals surface area contributed by atoms with Crippen LogP contribution in [0.25, 0.3) is 0 Å². The largest absolute Gasteiger partial charge is 0.507 e. The van der Waals surface area contributed by atoms with E-state index in [1.807, 2.05) is 0 Å². The van der Waals surface area contributed by atoms with Gasteiger partial charge in [0, 0.05) is 10.4 Å². The van der Waals surface area contributed by atoms with E-state index in [1.165, 1.54) is 6.07 Å². The summed E-state index contributed by atoms with van der Waals surface area (Å²) in [5, 5.41) is 14.1. The monoisotopic (exact) mass is 359 g/mol. The number of halogens is 2. The number of alkyl halides is 1. The summed E-state index contributed by atoms with van der Waals surface area (Å²) in [7, 11) is 0. The Morgan fingerprint density at radius 1 is 1.50 bits per heavy atom. The van der Waals surface area contributed by atoms with Gasteiger partial charge in [-0.05, 0) is 49.8 Å². The first-order valence-electron chi connectivity index (χ1n) is 6.83. The molecule has 0 heterocycles. The number of nitrogens with one attached hydrogen (secondary N) is 1. The van der Waals surface area contributed by atoms with Crippen molar-refractivity contribution in [2.45, 2.75) is 38.1 Å². The first-order valence-corrected chi connectivity index (χ1v) is 8.33. The second kappa shape index (κ2) is 6.35. The third-order valence-corrected chi connectivity index (χ3v) is 5.38. The number of rotatable bonds is 3. The minimum atomic E-state index is -0.242. The van der Waals surface area contributed by atoms with Gasteiger partial charge < -0.3 is 10.4 Å². The third kappa shape index (κ3) is 3.47. The fourth-order valence-electron chi connectivity index (χ4n) is 2.61. The summed E-state index contributed by atoms with van der Waals surface area (Å²) in [6.07, 6.45) is 4.13. The van der Waals surface area contributed by atoms with Crippen molar-refractivity contribution in [3.05, 3.63) is 28.8 Å². The van der Waals surface area contributed by atoms with Gasteiger partial charge in [-0.2, -0.15) is 0 Å². The Bertz CT molecular complexity index is 499. The maximum absolute atomic E-state index is 12.4. The first kappa shape index (κ1) is 15.6. The molecule has 0 bridgehead atoms. The van der Waals surface area contributed by atoms with Crippen molar-refractivity contribution in [2.24, 2.45) is 5.92 Å². The average Bonchev–Trinajstić information content (AvgIpc) is 2.41. The summed E-state index contributed by atoms with van der Waals surface area (Å²) in [6, 6.07) is 4.56. The van der Waals surface area contributed by atoms with Crippen LogP contribution < -0.4 is 5.32 Å². The third-order valence-electron chi connectivity index (χ3n) is 4.07. The number of hydrogen-bond acceptors (Lipinski definition) is 2. The highest BCUT2D eigenvalue weighted by molar-refractivity contribution is 9.09. The van der Waals surface area contributed by atoms with Gasteiger partial charge in [-0.25, -0.2) is 0 Å². The summed E-state index contributed by atoms with van der Waals surface area (Å²) in [6.45, 7) is 2.24. The number of phenols is 1. The molecule has 1 amide bonds. The van der Waals surface area contributed by atoms with Gasteiger partial charge in [0.2, 0.25) is 0 Å². The molecule has 0 unspecified atom stereocenters. The molecule has 0 saturated heterocycles. The predicted molar refractivity (Wildman–Crippen MR) is 84.7 cm³/mol. The van der Waals surface area contributed by atoms with Gasteiger partial charge in [0.1, 0.15) is 5.75 Å². The number of benzene rings is 1. The van der Waals surface area contributed by atoms with Gasteiger partial charge in [-0.3, -0.25) is 4.79 Å². The second-order valence-corrected chi connectivity index (χ2v) is 6.71. The zero-order valence-electron chi connectivity index (χ0n) is 11.5. The van der Waals surface area contributed by atoms with Crippen molar-refractivity contribution in [3.63, 3.8) is 0 Å². The lowest BCUT2D eigenvalue weighted by atomic mass is 9.78. The molecule has 3 nitrogen and oxygen atoms in total. The molecule has 110 valence electrons. The van der Waals surface area contributed by atoms with Crippen LogP contribution in [0.2, 0.25) is 5.02 Å². The van der Waals surface area contributed by atoms with E-state index >= 15 is 0 Å². The molecule has 2 N–H and O–H groups in total. The topological polar surface area (TPSA) is 49.3 Å². The fraction of sp³-hybridized carbons (Fsp3) is 0.533. The zero-order valence-corrected chi connectivity index (χ0v) is 13.8. The van der Waals surface area contributed by atoms with E-state index in [4.69, 9.17) is 11.6 Å². The molecule has 2 rings (SSSR count). The molecule has 20 heavy (non-hydrogen) atoms. The number of amides is 1. The quantitative estimate of drug-likeness (QED) is 0.797. The summed E-state index contributed by atoms with van der Waals surface area (Å²) in [4.78, 5) is 12.4. The summed E-state index contributed by atoms with van der Waals surface area (Å²) in [5.41, 5.74) is 0.0590. The van der Waals surface area contributed by atoms with Gasteiger partial charge in [-0.15, -0.1) is 0 Å². The number of phenolic OH excluding ortho intramolecular Hbond substituents is 1. The molecule has 1 aromatic rings. The minimum Gasteiger partial charge on any atom is -0.507 e. The van der Waals surface area contributed by atoms with E-state index < -0.39 is 0 Å². The van der Waals surface area contributed by atoms with Crippen LogP contribution in [0.3, 0.4) is 0 Å². The molecule has 0 spiro atoms. The van der Waals surface area contributed by atoms with Gasteiger partial charge >= 0.3 is 0 Å². The Morgan fingerprint density at radius 2 is 2.15 bits per heavy atom. The zero-order chi connectivity index (χ0) is 14.8. The Hall–Kier alpha value is -0.740. The van der Waals surface area contributed by atoms with Crippen molar-refractivity contribution < 1.29 is 9.90 Å². The highest BCUT2D eigenvalue weighted by Crippen LogP contribution is 2.34. The lowest BCUT2D eigenvalue weighted by Crippen LogP contribution is -2.52. The van der Waals surface area contributed by atoms with Crippen LogP contribution in [0.4, 0.5) is 0 Å². The lowest BCUT2D eigenvalue weighted by molar-refractivity contribution is 0.0872. The average molecular weight is 361 g/mol. The van der Waals surface area contributed by atoms with Crippen molar-refractivity contribution >= 4 is 33.4 Å². The molecule has 1 aliphatic rings. The maximum Gasteiger partial charge on any atom is 0.255 e. The highest BCUT2D eigenvalue weighted by Gasteiger charge is 2.35. The van der Waals surface area contributed by atoms with Crippen molar-refractivity contribution in [2.75, 3.05) is 5.33 Å². The molecular formula is C15H19BrClNO2. The van der Waals surface area contributed by atoms with Crippen molar-refractivity contribution in [3.8, 4) is 5.75 Å². The summed E-state index contributed by atoms with van der Waals surface area (Å²) in [5.74, 6) is 0.389. The van der Waals surface area contributed by atoms with Crippen LogP contribution in [0.1, 0.15) is 43.0 Å². The molecule has 0 aliphatic heterocycles. The van der Waals surface area contributed by atoms with E-state index in [-0.39, 0.29) is 22.8 Å². The van der Waals surface area contributed by atoms with E-state index in [1.54, 1.807) is 12.1 Å². The maximum atomic E-state index is 12.4. The van der Waals surface area contributed by atoms with Gasteiger partial charge in [0.15, 0.2) is 0 Å². The Kier molecular flexibility index (Phi) is 4.97. The predicted octanol–water partition coefficient (Wildman–Crippen LogP) is 4.12. The van der Waals surface area contributed by atoms with Crippen molar-refractivity contribution in [1.29, 1.82) is 0 Å². The molecule has 0 aromatic heterocycles. The first-order chi connectivity index (χ1) is 9.46. The SMILES string of the molecule is CC1CCC(CBr)(NC(=O)c2ccc(Cl)cc2O)CC1. The van der Waals surface area contributed by atoms with E-state index in [0.29, 0.717) is 10.9 Å². The molecule has 0 atom stereocenters. The van der Waals surface area contributed by atoms with Crippen LogP contribution in [-0.4, -0.2) is 21.9 Å². The highest BCUT2D eigenvalue weighted by atomic mass is 79.9. The van der Waals surface area contributed by atoms with Gasteiger partial charge in [0.05, 0.1) is 11.1 Å². The minimum absolute atomic E-state index is 0.0797. The standard InChI is InChI=1S/C15H19BrClNO2/c1-10-4-6-15(9-16,7-5-10)18-14(20)12-3-2-11(17)8-13(12)19/h2-3,8,10,19H,4-7,9H2,1H3,(H,18,20). The Morgan fingerprint density at radius 3 is 2.70 bits per heavy atom. The summed E-state index contributed by atoms with van der Waals surface area (Å²) < 4.78 is 0. The molecule has 1 aliphatic carbocycles. The normalized spacial score (nSPS) is 26.2. The van der Waals surface area contributed by atoms with Crippen LogP contribution in [-0.2, 0) is 0 Å². The molecular weight excluding hydrogens is 342 g/mol. The molecule has 5 heteroatoms. The number of hydrogen-bond donors (Lipinski definition) is 2. The fourth-order valence-corrected chi connectivity index (χ4v) is 3.48. The molecule has 1 fully saturated rings. The van der Waals surface area contributed by atoms with Crippen LogP contribution in [0.5, 0.6) is 5.75 Å². The Balaban J connectivity index is 2.13. The second-order valence-electron chi connectivity index (χ2n) is 5.71. The number of carbonyl (C=O) groups is 1. The van der Waals surface area contributed by atoms with E-state index in [9.17, 15) is 9.90 Å². The Labute approximate surface area is 132 Å². The van der Waals surface area contributed by atoms with Gasteiger partial charge in [0.25, 0.3) is 5.91 Å². The lowest BCUT2D eigenvalue weighted by Gasteiger charge is -2.39. The molecule has 1 saturated carbocycles. The van der Waals surface area contributed by atoms with Crippen LogP contribution in [0.15, 0.2) is 18.2 Å². The smallest absolute Gasteiger partial charge is 0.255 e. The number of aromatic hydroxyl groups is 1. The summed E-state index contributed by atoms with van der Waals surface area (Å²) >= 11 is 9.31. The van der Waals surface area contributed by atoms with E-state index in [0.717, 1.165) is 31.0 Å². The van der Waals surface area contributed by atoms with Crippen molar-refractivity contribution in [1.82, 2.24) is 5.32 Å². The van der Waals surface area contributed by atoms with Gasteiger partial charge in [-0.1, -0.05) is 34.5 Å². The molecule has 1 aromatic carbocycles. The van der Waals surface area contributed by atoms with Crippen LogP contribution in [0, 0.1) is 5.92 Å². The van der Waals surface area contributed by atoms with E-state index in [2.05, 4.69) is 28.2 Å². The van der Waals surface area contributed by atoms with Crippen LogP contribution >= 0.6 is 27.5 Å². The molecule has 0 radical (unpaired) electrons.